The molecule has 0 spiro atoms. The Kier molecular flexibility index (Phi) is 7.21. The molecule has 0 aliphatic carbocycles. The zero-order valence-corrected chi connectivity index (χ0v) is 12.3. The molecular formula is C13H17F2NO4S. The van der Waals surface area contributed by atoms with Gasteiger partial charge in [0, 0.05) is 6.54 Å². The molecule has 0 aliphatic heterocycles. The minimum Gasteiger partial charge on any atom is -0.481 e. The van der Waals surface area contributed by atoms with Gasteiger partial charge in [-0.2, -0.15) is 8.78 Å². The van der Waals surface area contributed by atoms with Gasteiger partial charge in [0.05, 0.1) is 11.7 Å². The Morgan fingerprint density at radius 1 is 1.43 bits per heavy atom. The van der Waals surface area contributed by atoms with Gasteiger partial charge < -0.3 is 14.8 Å². The van der Waals surface area contributed by atoms with E-state index < -0.39 is 23.6 Å². The smallest absolute Gasteiger partial charge is 0.308 e. The summed E-state index contributed by atoms with van der Waals surface area (Å²) in [5, 5.41) is 11.4. The quantitative estimate of drug-likeness (QED) is 0.731. The summed E-state index contributed by atoms with van der Waals surface area (Å²) >= 11 is 0.402. The predicted molar refractivity (Wildman–Crippen MR) is 74.4 cm³/mol. The lowest BCUT2D eigenvalue weighted by molar-refractivity contribution is -0.141. The van der Waals surface area contributed by atoms with Crippen molar-refractivity contribution in [3.8, 4) is 0 Å². The van der Waals surface area contributed by atoms with Crippen LogP contribution in [0.2, 0.25) is 0 Å². The first-order valence-corrected chi connectivity index (χ1v) is 7.48. The molecular weight excluding hydrogens is 304 g/mol. The Labute approximate surface area is 125 Å². The molecule has 1 unspecified atom stereocenters. The Bertz CT molecular complexity index is 478. The molecule has 0 saturated heterocycles. The fourth-order valence-corrected chi connectivity index (χ4v) is 2.13. The van der Waals surface area contributed by atoms with Crippen LogP contribution in [0.5, 0.6) is 0 Å². The van der Waals surface area contributed by atoms with E-state index in [0.717, 1.165) is 0 Å². The van der Waals surface area contributed by atoms with Crippen molar-refractivity contribution in [1.82, 2.24) is 5.32 Å². The van der Waals surface area contributed by atoms with Gasteiger partial charge >= 0.3 is 5.97 Å². The maximum Gasteiger partial charge on any atom is 0.308 e. The third-order valence-corrected chi connectivity index (χ3v) is 3.44. The second-order valence-corrected chi connectivity index (χ2v) is 5.35. The van der Waals surface area contributed by atoms with Crippen LogP contribution in [0.25, 0.3) is 0 Å². The van der Waals surface area contributed by atoms with Crippen molar-refractivity contribution in [1.29, 1.82) is 0 Å². The first-order valence-electron chi connectivity index (χ1n) is 6.43. The van der Waals surface area contributed by atoms with Gasteiger partial charge in [-0.3, -0.25) is 9.59 Å². The van der Waals surface area contributed by atoms with E-state index in [1.54, 1.807) is 0 Å². The minimum atomic E-state index is -2.50. The van der Waals surface area contributed by atoms with Gasteiger partial charge in [0.15, 0.2) is 5.76 Å². The van der Waals surface area contributed by atoms with Crippen molar-refractivity contribution in [3.63, 3.8) is 0 Å². The highest BCUT2D eigenvalue weighted by Crippen LogP contribution is 2.21. The number of carbonyl (C=O) groups excluding carboxylic acids is 1. The fourth-order valence-electron chi connectivity index (χ4n) is 1.69. The fraction of sp³-hybridized carbons (Fsp3) is 0.538. The average Bonchev–Trinajstić information content (AvgIpc) is 2.89. The summed E-state index contributed by atoms with van der Waals surface area (Å²) in [7, 11) is 0. The molecule has 0 saturated carbocycles. The predicted octanol–water partition coefficient (Wildman–Crippen LogP) is 2.97. The van der Waals surface area contributed by atoms with E-state index in [0.29, 0.717) is 24.6 Å². The topological polar surface area (TPSA) is 79.5 Å². The number of carboxylic acid groups (broad SMARTS) is 1. The molecule has 5 nitrogen and oxygen atoms in total. The Morgan fingerprint density at radius 2 is 2.14 bits per heavy atom. The molecule has 1 rings (SSSR count). The highest BCUT2D eigenvalue weighted by Gasteiger charge is 2.19. The Morgan fingerprint density at radius 3 is 2.71 bits per heavy atom. The van der Waals surface area contributed by atoms with Gasteiger partial charge in [0.25, 0.3) is 11.7 Å². The molecule has 1 aromatic rings. The molecule has 2 N–H and O–H groups in total. The third-order valence-electron chi connectivity index (χ3n) is 2.73. The van der Waals surface area contributed by atoms with Crippen molar-refractivity contribution in [3.05, 3.63) is 23.7 Å². The van der Waals surface area contributed by atoms with E-state index in [9.17, 15) is 18.4 Å². The molecule has 0 radical (unpaired) electrons. The highest BCUT2D eigenvalue weighted by atomic mass is 32.2. The van der Waals surface area contributed by atoms with Gasteiger partial charge in [-0.15, -0.1) is 0 Å². The number of nitrogens with one attached hydrogen (secondary N) is 1. The summed E-state index contributed by atoms with van der Waals surface area (Å²) in [6, 6.07) is 2.83. The molecule has 1 aromatic heterocycles. The van der Waals surface area contributed by atoms with Crippen LogP contribution in [0, 0.1) is 5.92 Å². The molecule has 0 aromatic carbocycles. The lowest BCUT2D eigenvalue weighted by atomic mass is 10.0. The van der Waals surface area contributed by atoms with Crippen molar-refractivity contribution < 1.29 is 27.9 Å². The number of aliphatic carboxylic acids is 1. The Hall–Kier alpha value is -1.57. The molecule has 1 amide bonds. The number of furan rings is 1. The zero-order valence-electron chi connectivity index (χ0n) is 11.5. The zero-order chi connectivity index (χ0) is 15.8. The van der Waals surface area contributed by atoms with Crippen molar-refractivity contribution >= 4 is 23.6 Å². The maximum absolute atomic E-state index is 12.0. The minimum absolute atomic E-state index is 0.00379. The van der Waals surface area contributed by atoms with Crippen LogP contribution in [-0.2, 0) is 10.5 Å². The lowest BCUT2D eigenvalue weighted by Crippen LogP contribution is -2.32. The van der Waals surface area contributed by atoms with Crippen LogP contribution in [0.15, 0.2) is 16.5 Å². The van der Waals surface area contributed by atoms with Gasteiger partial charge in [-0.1, -0.05) is 25.1 Å². The van der Waals surface area contributed by atoms with Gasteiger partial charge in [-0.25, -0.2) is 0 Å². The molecule has 8 heteroatoms. The van der Waals surface area contributed by atoms with E-state index in [1.807, 2.05) is 6.92 Å². The number of alkyl halides is 2. The molecule has 0 bridgehead atoms. The van der Waals surface area contributed by atoms with Crippen LogP contribution in [-0.4, -0.2) is 29.3 Å². The normalized spacial score (nSPS) is 12.4. The number of carbonyl (C=O) groups is 2. The Balaban J connectivity index is 2.50. The first kappa shape index (κ1) is 17.5. The molecule has 0 aliphatic rings. The van der Waals surface area contributed by atoms with Crippen LogP contribution in [0.1, 0.15) is 36.1 Å². The molecule has 21 heavy (non-hydrogen) atoms. The number of thioether (sulfide) groups is 1. The van der Waals surface area contributed by atoms with Gasteiger partial charge in [0.1, 0.15) is 5.76 Å². The number of amides is 1. The number of hydrogen-bond donors (Lipinski definition) is 2. The van der Waals surface area contributed by atoms with Gasteiger partial charge in [-0.05, 0) is 18.6 Å². The van der Waals surface area contributed by atoms with Crippen LogP contribution in [0.3, 0.4) is 0 Å². The summed E-state index contributed by atoms with van der Waals surface area (Å²) in [6.07, 6.45) is 1.16. The summed E-state index contributed by atoms with van der Waals surface area (Å²) in [6.45, 7) is 1.86. The molecule has 1 heterocycles. The summed E-state index contributed by atoms with van der Waals surface area (Å²) in [4.78, 5) is 22.7. The van der Waals surface area contributed by atoms with E-state index in [4.69, 9.17) is 9.52 Å². The van der Waals surface area contributed by atoms with E-state index in [1.165, 1.54) is 12.1 Å². The summed E-state index contributed by atoms with van der Waals surface area (Å²) in [5.41, 5.74) is 0. The second kappa shape index (κ2) is 8.66. The monoisotopic (exact) mass is 321 g/mol. The van der Waals surface area contributed by atoms with Crippen molar-refractivity contribution in [2.45, 2.75) is 31.3 Å². The van der Waals surface area contributed by atoms with Crippen LogP contribution >= 0.6 is 11.8 Å². The molecule has 0 fully saturated rings. The average molecular weight is 321 g/mol. The number of carboxylic acids is 1. The number of hydrogen-bond acceptors (Lipinski definition) is 4. The summed E-state index contributed by atoms with van der Waals surface area (Å²) in [5.74, 6) is -4.44. The maximum atomic E-state index is 12.0. The van der Waals surface area contributed by atoms with E-state index >= 15 is 0 Å². The number of rotatable bonds is 9. The van der Waals surface area contributed by atoms with Crippen LogP contribution in [0.4, 0.5) is 8.78 Å². The second-order valence-electron chi connectivity index (χ2n) is 4.37. The SMILES string of the molecule is CCCC(CNC(=O)c1ccc(CSC(F)F)o1)C(=O)O. The standard InChI is InChI=1S/C13H17F2NO4S/c1-2-3-8(12(18)19)6-16-11(17)10-5-4-9(20-10)7-21-13(14)15/h4-5,8,13H,2-3,6-7H2,1H3,(H,16,17)(H,18,19). The third kappa shape index (κ3) is 6.16. The van der Waals surface area contributed by atoms with Crippen molar-refractivity contribution in [2.75, 3.05) is 6.54 Å². The first-order chi connectivity index (χ1) is 9.93. The largest absolute Gasteiger partial charge is 0.481 e. The lowest BCUT2D eigenvalue weighted by Gasteiger charge is -2.11. The highest BCUT2D eigenvalue weighted by molar-refractivity contribution is 7.98. The van der Waals surface area contributed by atoms with Crippen molar-refractivity contribution in [2.24, 2.45) is 5.92 Å². The summed E-state index contributed by atoms with van der Waals surface area (Å²) < 4.78 is 29.2. The van der Waals surface area contributed by atoms with E-state index in [2.05, 4.69) is 5.32 Å². The molecule has 118 valence electrons. The van der Waals surface area contributed by atoms with E-state index in [-0.39, 0.29) is 23.8 Å². The molecule has 1 atom stereocenters. The number of halogens is 2. The van der Waals surface area contributed by atoms with Gasteiger partial charge in [0.2, 0.25) is 0 Å². The van der Waals surface area contributed by atoms with Crippen LogP contribution < -0.4 is 5.32 Å².